The Morgan fingerprint density at radius 1 is 1.26 bits per heavy atom. The molecule has 1 amide bonds. The molecule has 0 unspecified atom stereocenters. The van der Waals surface area contributed by atoms with Crippen molar-refractivity contribution in [3.05, 3.63) is 52.5 Å². The summed E-state index contributed by atoms with van der Waals surface area (Å²) in [6, 6.07) is 13.1. The first kappa shape index (κ1) is 15.4. The van der Waals surface area contributed by atoms with Gasteiger partial charge in [0.15, 0.2) is 0 Å². The van der Waals surface area contributed by atoms with Crippen LogP contribution in [0.1, 0.15) is 25.0 Å². The highest BCUT2D eigenvalue weighted by Gasteiger charge is 2.39. The minimum Gasteiger partial charge on any atom is -0.438 e. The molecule has 1 heterocycles. The van der Waals surface area contributed by atoms with E-state index >= 15 is 0 Å². The first-order chi connectivity index (χ1) is 10.8. The highest BCUT2D eigenvalue weighted by Crippen LogP contribution is 2.46. The predicted molar refractivity (Wildman–Crippen MR) is 89.5 cm³/mol. The molecule has 23 heavy (non-hydrogen) atoms. The first-order valence-electron chi connectivity index (χ1n) is 7.15. The second kappa shape index (κ2) is 5.29. The average molecular weight is 327 g/mol. The molecule has 0 saturated heterocycles. The molecule has 0 radical (unpaired) electrons. The molecule has 4 nitrogen and oxygen atoms in total. The standard InChI is InChI=1S/C18H15ClN2O2/c1-18(2)15-14(21(3)17(22)23-18)8-7-13(16(15)19)12-6-4-5-11(9-12)10-20/h4-9H,1-3H3. The molecule has 0 N–H and O–H groups in total. The maximum atomic E-state index is 11.9. The van der Waals surface area contributed by atoms with E-state index in [0.717, 1.165) is 22.4 Å². The van der Waals surface area contributed by atoms with Crippen molar-refractivity contribution in [3.8, 4) is 17.2 Å². The number of nitriles is 1. The minimum atomic E-state index is -0.821. The molecule has 1 aliphatic heterocycles. The van der Waals surface area contributed by atoms with Crippen LogP contribution in [0, 0.1) is 11.3 Å². The van der Waals surface area contributed by atoms with Crippen molar-refractivity contribution in [1.29, 1.82) is 5.26 Å². The van der Waals surface area contributed by atoms with Gasteiger partial charge < -0.3 is 4.74 Å². The van der Waals surface area contributed by atoms with E-state index in [-0.39, 0.29) is 0 Å². The maximum Gasteiger partial charge on any atom is 0.414 e. The second-order valence-electron chi connectivity index (χ2n) is 5.95. The number of anilines is 1. The van der Waals surface area contributed by atoms with Crippen LogP contribution in [0.5, 0.6) is 0 Å². The van der Waals surface area contributed by atoms with Crippen molar-refractivity contribution in [2.24, 2.45) is 0 Å². The van der Waals surface area contributed by atoms with Gasteiger partial charge in [0.2, 0.25) is 0 Å². The molecule has 0 aliphatic carbocycles. The van der Waals surface area contributed by atoms with E-state index < -0.39 is 11.7 Å². The lowest BCUT2D eigenvalue weighted by molar-refractivity contribution is 0.0363. The van der Waals surface area contributed by atoms with Gasteiger partial charge in [-0.3, -0.25) is 4.90 Å². The zero-order chi connectivity index (χ0) is 16.8. The third-order valence-corrected chi connectivity index (χ3v) is 4.39. The number of halogens is 1. The van der Waals surface area contributed by atoms with Gasteiger partial charge in [-0.1, -0.05) is 29.8 Å². The molecule has 116 valence electrons. The zero-order valence-corrected chi connectivity index (χ0v) is 13.8. The summed E-state index contributed by atoms with van der Waals surface area (Å²) < 4.78 is 5.48. The Balaban J connectivity index is 2.24. The number of hydrogen-bond donors (Lipinski definition) is 0. The largest absolute Gasteiger partial charge is 0.438 e. The van der Waals surface area contributed by atoms with Gasteiger partial charge in [0.1, 0.15) is 5.60 Å². The molecule has 2 aromatic rings. The molecular weight excluding hydrogens is 312 g/mol. The summed E-state index contributed by atoms with van der Waals surface area (Å²) in [5.41, 5.74) is 2.91. The Morgan fingerprint density at radius 2 is 2.00 bits per heavy atom. The summed E-state index contributed by atoms with van der Waals surface area (Å²) in [4.78, 5) is 13.4. The Morgan fingerprint density at radius 3 is 2.70 bits per heavy atom. The van der Waals surface area contributed by atoms with E-state index in [1.165, 1.54) is 4.90 Å². The van der Waals surface area contributed by atoms with Crippen molar-refractivity contribution in [3.63, 3.8) is 0 Å². The summed E-state index contributed by atoms with van der Waals surface area (Å²) in [7, 11) is 1.66. The van der Waals surface area contributed by atoms with E-state index in [1.54, 1.807) is 19.2 Å². The number of carbonyl (C=O) groups excluding carboxylic acids is 1. The molecule has 0 atom stereocenters. The summed E-state index contributed by atoms with van der Waals surface area (Å²) in [5, 5.41) is 9.60. The zero-order valence-electron chi connectivity index (χ0n) is 13.1. The highest BCUT2D eigenvalue weighted by atomic mass is 35.5. The van der Waals surface area contributed by atoms with Gasteiger partial charge in [0.25, 0.3) is 0 Å². The van der Waals surface area contributed by atoms with Crippen LogP contribution in [0.15, 0.2) is 36.4 Å². The van der Waals surface area contributed by atoms with Crippen molar-refractivity contribution in [2.75, 3.05) is 11.9 Å². The summed E-state index contributed by atoms with van der Waals surface area (Å²) in [5.74, 6) is 0. The Kier molecular flexibility index (Phi) is 3.54. The third-order valence-electron chi connectivity index (χ3n) is 4.00. The van der Waals surface area contributed by atoms with Crippen LogP contribution in [0.25, 0.3) is 11.1 Å². The number of fused-ring (bicyclic) bond motifs is 1. The number of rotatable bonds is 1. The van der Waals surface area contributed by atoms with E-state index in [0.29, 0.717) is 10.6 Å². The van der Waals surface area contributed by atoms with E-state index in [1.807, 2.05) is 38.1 Å². The van der Waals surface area contributed by atoms with Crippen LogP contribution in [0.3, 0.4) is 0 Å². The molecule has 1 aliphatic rings. The van der Waals surface area contributed by atoms with Gasteiger partial charge >= 0.3 is 6.09 Å². The van der Waals surface area contributed by atoms with Crippen molar-refractivity contribution in [1.82, 2.24) is 0 Å². The van der Waals surface area contributed by atoms with Gasteiger partial charge in [-0.15, -0.1) is 0 Å². The van der Waals surface area contributed by atoms with Crippen molar-refractivity contribution < 1.29 is 9.53 Å². The molecular formula is C18H15ClN2O2. The number of hydrogen-bond acceptors (Lipinski definition) is 3. The van der Waals surface area contributed by atoms with Crippen molar-refractivity contribution in [2.45, 2.75) is 19.4 Å². The SMILES string of the molecule is CN1C(=O)OC(C)(C)c2c1ccc(-c1cccc(C#N)c1)c2Cl. The minimum absolute atomic E-state index is 0.405. The van der Waals surface area contributed by atoms with Crippen LogP contribution in [-0.4, -0.2) is 13.1 Å². The molecule has 0 spiro atoms. The molecule has 0 saturated carbocycles. The molecule has 0 aromatic heterocycles. The molecule has 3 rings (SSSR count). The normalized spacial score (nSPS) is 15.6. The topological polar surface area (TPSA) is 53.3 Å². The van der Waals surface area contributed by atoms with Crippen LogP contribution in [0.4, 0.5) is 10.5 Å². The van der Waals surface area contributed by atoms with Crippen LogP contribution in [0.2, 0.25) is 5.02 Å². The molecule has 0 bridgehead atoms. The van der Waals surface area contributed by atoms with E-state index in [9.17, 15) is 4.79 Å². The number of cyclic esters (lactones) is 1. The highest BCUT2D eigenvalue weighted by molar-refractivity contribution is 6.35. The number of nitrogens with zero attached hydrogens (tertiary/aromatic N) is 2. The summed E-state index contributed by atoms with van der Waals surface area (Å²) >= 11 is 6.65. The van der Waals surface area contributed by atoms with Gasteiger partial charge in [-0.05, 0) is 37.6 Å². The number of ether oxygens (including phenoxy) is 1. The van der Waals surface area contributed by atoms with Crippen LogP contribution >= 0.6 is 11.6 Å². The third kappa shape index (κ3) is 2.43. The second-order valence-corrected chi connectivity index (χ2v) is 6.33. The van der Waals surface area contributed by atoms with E-state index in [4.69, 9.17) is 21.6 Å². The van der Waals surface area contributed by atoms with Gasteiger partial charge in [0.05, 0.1) is 22.3 Å². The van der Waals surface area contributed by atoms with Crippen molar-refractivity contribution >= 4 is 23.4 Å². The number of amides is 1. The number of benzene rings is 2. The molecule has 2 aromatic carbocycles. The fourth-order valence-electron chi connectivity index (χ4n) is 2.83. The monoisotopic (exact) mass is 326 g/mol. The Labute approximate surface area is 139 Å². The lowest BCUT2D eigenvalue weighted by Crippen LogP contribution is -2.41. The van der Waals surface area contributed by atoms with Crippen LogP contribution < -0.4 is 4.90 Å². The smallest absolute Gasteiger partial charge is 0.414 e. The maximum absolute atomic E-state index is 11.9. The first-order valence-corrected chi connectivity index (χ1v) is 7.53. The Bertz CT molecular complexity index is 853. The van der Waals surface area contributed by atoms with Crippen LogP contribution in [-0.2, 0) is 10.3 Å². The predicted octanol–water partition coefficient (Wildman–Crippen LogP) is 4.70. The fourth-order valence-corrected chi connectivity index (χ4v) is 3.33. The van der Waals surface area contributed by atoms with E-state index in [2.05, 4.69) is 6.07 Å². The fraction of sp³-hybridized carbons (Fsp3) is 0.222. The summed E-state index contributed by atoms with van der Waals surface area (Å²) in [6.45, 7) is 3.64. The molecule has 5 heteroatoms. The van der Waals surface area contributed by atoms with Gasteiger partial charge in [0, 0.05) is 18.2 Å². The van der Waals surface area contributed by atoms with Gasteiger partial charge in [-0.25, -0.2) is 4.79 Å². The molecule has 0 fully saturated rings. The quantitative estimate of drug-likeness (QED) is 0.763. The number of carbonyl (C=O) groups is 1. The summed E-state index contributed by atoms with van der Waals surface area (Å²) in [6.07, 6.45) is -0.405. The lowest BCUT2D eigenvalue weighted by atomic mass is 9.90. The van der Waals surface area contributed by atoms with Gasteiger partial charge in [-0.2, -0.15) is 5.26 Å². The Hall–Kier alpha value is -2.51. The lowest BCUT2D eigenvalue weighted by Gasteiger charge is -2.38. The average Bonchev–Trinajstić information content (AvgIpc) is 2.52.